The van der Waals surface area contributed by atoms with E-state index in [0.717, 1.165) is 4.90 Å². The number of nitrogens with zero attached hydrogens (tertiary/aromatic N) is 4. The Labute approximate surface area is 523 Å². The summed E-state index contributed by atoms with van der Waals surface area (Å²) >= 11 is 0. The quantitative estimate of drug-likeness (QED) is 0.0270. The first-order chi connectivity index (χ1) is 43.6. The number of Topliss-reactive ketones (excluding diaryl/α,β-unsaturated/α-hetero) is 1. The summed E-state index contributed by atoms with van der Waals surface area (Å²) in [6.45, 7) is 2.41. The van der Waals surface area contributed by atoms with Gasteiger partial charge in [0.1, 0.15) is 42.2 Å². The lowest BCUT2D eigenvalue weighted by Gasteiger charge is -2.41. The van der Waals surface area contributed by atoms with Crippen molar-refractivity contribution in [1.82, 2.24) is 35.6 Å². The van der Waals surface area contributed by atoms with E-state index in [1.807, 2.05) is 6.92 Å². The van der Waals surface area contributed by atoms with Crippen LogP contribution in [0.4, 0.5) is 20.1 Å². The lowest BCUT2D eigenvalue weighted by Crippen LogP contribution is -2.52. The van der Waals surface area contributed by atoms with Crippen LogP contribution in [0.2, 0.25) is 0 Å². The maximum Gasteiger partial charge on any atom is 0.409 e. The fourth-order valence-corrected chi connectivity index (χ4v) is 12.2. The number of likely N-dealkylation sites (tertiary alicyclic amines) is 1. The number of unbranched alkanes of at least 4 members (excludes halogenated alkanes) is 2. The molecule has 91 heavy (non-hydrogen) atoms. The molecule has 3 aromatic carbocycles. The number of morpholine rings is 1. The van der Waals surface area contributed by atoms with E-state index in [2.05, 4.69) is 26.2 Å². The highest BCUT2D eigenvalue weighted by Crippen LogP contribution is 2.52. The number of benzene rings is 3. The predicted molar refractivity (Wildman–Crippen MR) is 317 cm³/mol. The maximum absolute atomic E-state index is 14.3. The van der Waals surface area contributed by atoms with Crippen molar-refractivity contribution in [1.29, 1.82) is 0 Å². The van der Waals surface area contributed by atoms with Gasteiger partial charge in [0.25, 0.3) is 0 Å². The normalized spacial score (nSPS) is 21.8. The summed E-state index contributed by atoms with van der Waals surface area (Å²) in [7, 11) is 4.20. The van der Waals surface area contributed by atoms with E-state index in [1.54, 1.807) is 24.3 Å². The minimum absolute atomic E-state index is 0.00735. The van der Waals surface area contributed by atoms with Crippen LogP contribution in [0.15, 0.2) is 42.5 Å². The van der Waals surface area contributed by atoms with Crippen molar-refractivity contribution in [3.05, 3.63) is 81.4 Å². The van der Waals surface area contributed by atoms with Gasteiger partial charge >= 0.3 is 18.2 Å². The topological polar surface area (TPSA) is 380 Å². The molecule has 0 spiro atoms. The van der Waals surface area contributed by atoms with E-state index in [4.69, 9.17) is 38.9 Å². The molecule has 3 aromatic rings. The van der Waals surface area contributed by atoms with E-state index in [1.165, 1.54) is 49.2 Å². The summed E-state index contributed by atoms with van der Waals surface area (Å²) in [6.07, 6.45) is -2.25. The molecule has 0 saturated carbocycles. The molecule has 0 unspecified atom stereocenters. The van der Waals surface area contributed by atoms with Crippen molar-refractivity contribution in [2.75, 3.05) is 85.6 Å². The molecule has 9 rings (SSSR count). The van der Waals surface area contributed by atoms with Gasteiger partial charge in [0, 0.05) is 107 Å². The van der Waals surface area contributed by atoms with Crippen molar-refractivity contribution < 1.29 is 96.1 Å². The number of ether oxygens (including phenoxy) is 7. The zero-order chi connectivity index (χ0) is 65.2. The van der Waals surface area contributed by atoms with Gasteiger partial charge in [-0.25, -0.2) is 14.4 Å². The second-order valence-electron chi connectivity index (χ2n) is 23.3. The Bertz CT molecular complexity index is 3290. The second kappa shape index (κ2) is 29.9. The number of carbonyl (C=O) groups is 11. The van der Waals surface area contributed by atoms with E-state index >= 15 is 0 Å². The Hall–Kier alpha value is -8.77. The molecule has 6 aliphatic rings. The first-order valence-electron chi connectivity index (χ1n) is 30.4. The molecule has 29 heteroatoms. The third-order valence-electron chi connectivity index (χ3n) is 17.1. The van der Waals surface area contributed by atoms with Crippen molar-refractivity contribution in [2.24, 2.45) is 11.7 Å². The van der Waals surface area contributed by atoms with Gasteiger partial charge in [0.15, 0.2) is 24.5 Å². The van der Waals surface area contributed by atoms with Crippen LogP contribution in [0.25, 0.3) is 0 Å². The van der Waals surface area contributed by atoms with Crippen LogP contribution in [0, 0.1) is 5.92 Å². The molecule has 0 aromatic heterocycles. The number of fused-ring (bicyclic) bond motifs is 6. The molecular weight excluding hydrogens is 1190 g/mol. The van der Waals surface area contributed by atoms with Gasteiger partial charge in [-0.15, -0.1) is 0 Å². The zero-order valence-electron chi connectivity index (χ0n) is 51.1. The molecule has 2 aliphatic carbocycles. The van der Waals surface area contributed by atoms with Crippen LogP contribution < -0.4 is 31.7 Å². The van der Waals surface area contributed by atoms with E-state index in [0.29, 0.717) is 63.2 Å². The number of hydrogen-bond acceptors (Lipinski definition) is 21. The number of rotatable bonds is 26. The number of nitrogens with two attached hydrogens (primary N) is 1. The first kappa shape index (κ1) is 66.6. The standard InChI is InChI=1S/C62H77N9O20/c1-33-58-40(70-24-25-86-32-48(70)91-58)28-49(89-33)90-43-27-35(26-38-51(43)57(80)53-52(55(38)78)54(77)37-10-8-12-42(85-4)50(37)56(53)79)41(72)31-88-62(84)69(3)23-22-68(2)61(83)87-30-34-14-16-36(17-15-34)66-59(81)39(11-9-20-64-60(63)82)67-45(74)29-65-44(73)13-6-5-7-21-71-46(75)18-19-47(71)76/h8,10,12,14-17,33,35,39-40,43,48-49,58,78,80H,5-7,9,11,13,18-32H2,1-4H3,(H,65,73)(H,66,81)(H,67,74)(H3,63,64,82)/t33-,35+,39-,40-,43-,48+,49-,58+/m0/s1. The van der Waals surface area contributed by atoms with Gasteiger partial charge in [0.05, 0.1) is 55.8 Å². The van der Waals surface area contributed by atoms with E-state index < -0.39 is 120 Å². The number of amides is 9. The zero-order valence-corrected chi connectivity index (χ0v) is 51.1. The molecule has 4 fully saturated rings. The second-order valence-corrected chi connectivity index (χ2v) is 23.3. The number of nitrogens with one attached hydrogen (secondary N) is 4. The summed E-state index contributed by atoms with van der Waals surface area (Å²) in [6, 6.07) is 8.79. The fraction of sp³-hybridized carbons (Fsp3) is 0.532. The average molecular weight is 1270 g/mol. The molecule has 4 heterocycles. The Kier molecular flexibility index (Phi) is 21.9. The number of likely N-dealkylation sites (N-methyl/N-ethyl adjacent to an activating group) is 2. The number of aromatic hydroxyl groups is 2. The Morgan fingerprint density at radius 1 is 0.813 bits per heavy atom. The highest BCUT2D eigenvalue weighted by Gasteiger charge is 2.52. The number of phenolic OH excluding ortho intramolecular Hbond substituents is 2. The van der Waals surface area contributed by atoms with Crippen molar-refractivity contribution in [3.63, 3.8) is 0 Å². The fourth-order valence-electron chi connectivity index (χ4n) is 12.2. The van der Waals surface area contributed by atoms with Gasteiger partial charge in [-0.05, 0) is 69.2 Å². The molecule has 8 atom stereocenters. The number of ketones is 3. The lowest BCUT2D eigenvalue weighted by atomic mass is 9.73. The first-order valence-corrected chi connectivity index (χ1v) is 30.4. The highest BCUT2D eigenvalue weighted by molar-refractivity contribution is 6.31. The Balaban J connectivity index is 0.745. The van der Waals surface area contributed by atoms with Gasteiger partial charge in [0.2, 0.25) is 35.3 Å². The van der Waals surface area contributed by atoms with Crippen LogP contribution >= 0.6 is 0 Å². The third-order valence-corrected chi connectivity index (χ3v) is 17.1. The Morgan fingerprint density at radius 3 is 2.24 bits per heavy atom. The number of imide groups is 1. The number of urea groups is 1. The highest BCUT2D eigenvalue weighted by atomic mass is 16.7. The van der Waals surface area contributed by atoms with Gasteiger partial charge in [-0.2, -0.15) is 0 Å². The monoisotopic (exact) mass is 1270 g/mol. The molecule has 9 amide bonds. The lowest BCUT2D eigenvalue weighted by molar-refractivity contribution is -0.243. The summed E-state index contributed by atoms with van der Waals surface area (Å²) < 4.78 is 41.4. The summed E-state index contributed by atoms with van der Waals surface area (Å²) in [5.74, 6) is -6.18. The number of hydrogen-bond donors (Lipinski definition) is 7. The largest absolute Gasteiger partial charge is 0.507 e. The van der Waals surface area contributed by atoms with E-state index in [-0.39, 0.29) is 129 Å². The number of primary amides is 1. The molecule has 8 N–H and O–H groups in total. The van der Waals surface area contributed by atoms with Crippen molar-refractivity contribution in [3.8, 4) is 17.2 Å². The molecule has 4 aliphatic heterocycles. The third kappa shape index (κ3) is 15.7. The average Bonchev–Trinajstić information content (AvgIpc) is 1.17. The summed E-state index contributed by atoms with van der Waals surface area (Å²) in [5.41, 5.74) is 5.09. The van der Waals surface area contributed by atoms with Crippen LogP contribution in [0.5, 0.6) is 17.2 Å². The maximum atomic E-state index is 14.3. The van der Waals surface area contributed by atoms with Crippen LogP contribution in [0.1, 0.15) is 126 Å². The van der Waals surface area contributed by atoms with Crippen LogP contribution in [0.3, 0.4) is 0 Å². The van der Waals surface area contributed by atoms with Crippen molar-refractivity contribution >= 4 is 70.8 Å². The van der Waals surface area contributed by atoms with Crippen LogP contribution in [-0.4, -0.2) is 212 Å². The number of phenols is 2. The molecule has 490 valence electrons. The summed E-state index contributed by atoms with van der Waals surface area (Å²) in [4.78, 5) is 148. The smallest absolute Gasteiger partial charge is 0.409 e. The number of carbonyl (C=O) groups excluding carboxylic acids is 11. The van der Waals surface area contributed by atoms with Crippen molar-refractivity contribution in [2.45, 2.75) is 127 Å². The minimum atomic E-state index is -1.17. The minimum Gasteiger partial charge on any atom is -0.507 e. The number of methoxy groups -OCH3 is 1. The molecule has 4 saturated heterocycles. The molecular formula is C62H77N9O20. The van der Waals surface area contributed by atoms with Gasteiger partial charge in [-0.1, -0.05) is 30.7 Å². The Morgan fingerprint density at radius 2 is 1.53 bits per heavy atom. The number of anilines is 1. The van der Waals surface area contributed by atoms with E-state index in [9.17, 15) is 63.0 Å². The summed E-state index contributed by atoms with van der Waals surface area (Å²) in [5, 5.41) is 34.5. The van der Waals surface area contributed by atoms with Crippen LogP contribution in [-0.2, 0) is 70.2 Å². The predicted octanol–water partition coefficient (Wildman–Crippen LogP) is 2.67. The van der Waals surface area contributed by atoms with Gasteiger partial charge < -0.3 is 80.2 Å². The molecule has 29 nitrogen and oxygen atoms in total. The SMILES string of the molecule is COc1cccc2c1C(=O)c1c(O)c3c(c(O)c1C2=O)C[C@@H](C(=O)COC(=O)N(C)CCN(C)C(=O)OCc1ccc(NC(=O)[C@H](CCCNC(N)=O)NC(=O)CNC(=O)CCCCCN2C(=O)CCC2=O)cc1)C[C@@H]3O[C@H]1C[C@H]2[C@H](O[C@@H]3COCCN32)[C@H](C)O1. The molecule has 0 bridgehead atoms. The molecule has 0 radical (unpaired) electrons. The van der Waals surface area contributed by atoms with Gasteiger partial charge in [-0.3, -0.25) is 48.2 Å².